The fourth-order valence-electron chi connectivity index (χ4n) is 3.38. The molecule has 0 unspecified atom stereocenters. The van der Waals surface area contributed by atoms with Crippen molar-refractivity contribution >= 4 is 21.6 Å². The highest BCUT2D eigenvalue weighted by Crippen LogP contribution is 2.20. The first-order chi connectivity index (χ1) is 13.5. The Hall–Kier alpha value is -2.71. The number of aromatic nitrogens is 2. The Labute approximate surface area is 164 Å². The molecule has 1 N–H and O–H groups in total. The van der Waals surface area contributed by atoms with E-state index >= 15 is 0 Å². The summed E-state index contributed by atoms with van der Waals surface area (Å²) in [5.74, 6) is -0.265. The zero-order chi connectivity index (χ0) is 19.6. The molecule has 4 rings (SSSR count). The molecule has 3 heterocycles. The van der Waals surface area contributed by atoms with Gasteiger partial charge in [-0.2, -0.15) is 4.31 Å². The molecular formula is C20H22N4O3S. The molecule has 146 valence electrons. The highest BCUT2D eigenvalue weighted by Gasteiger charge is 2.25. The maximum absolute atomic E-state index is 12.7. The van der Waals surface area contributed by atoms with Gasteiger partial charge in [0.25, 0.3) is 5.91 Å². The van der Waals surface area contributed by atoms with Gasteiger partial charge >= 0.3 is 0 Å². The Kier molecular flexibility index (Phi) is 5.15. The van der Waals surface area contributed by atoms with Crippen molar-refractivity contribution in [2.45, 2.75) is 30.7 Å². The third-order valence-corrected chi connectivity index (χ3v) is 6.83. The van der Waals surface area contributed by atoms with Crippen LogP contribution in [-0.2, 0) is 16.6 Å². The smallest absolute Gasteiger partial charge is 0.251 e. The van der Waals surface area contributed by atoms with Gasteiger partial charge in [0.05, 0.1) is 17.1 Å². The van der Waals surface area contributed by atoms with Gasteiger partial charge in [0.2, 0.25) is 10.0 Å². The van der Waals surface area contributed by atoms with Gasteiger partial charge in [-0.1, -0.05) is 12.5 Å². The van der Waals surface area contributed by atoms with E-state index in [0.717, 1.165) is 30.6 Å². The fourth-order valence-corrected chi connectivity index (χ4v) is 4.89. The molecule has 0 bridgehead atoms. The second kappa shape index (κ2) is 7.73. The number of carbonyl (C=O) groups is 1. The lowest BCUT2D eigenvalue weighted by Gasteiger charge is -2.25. The lowest BCUT2D eigenvalue weighted by Crippen LogP contribution is -2.35. The molecule has 0 radical (unpaired) electrons. The van der Waals surface area contributed by atoms with Gasteiger partial charge in [0.1, 0.15) is 5.65 Å². The number of nitrogens with one attached hydrogen (secondary N) is 1. The number of rotatable bonds is 5. The molecule has 8 heteroatoms. The van der Waals surface area contributed by atoms with E-state index in [0.29, 0.717) is 25.2 Å². The molecule has 0 spiro atoms. The van der Waals surface area contributed by atoms with Gasteiger partial charge in [-0.05, 0) is 49.2 Å². The van der Waals surface area contributed by atoms with Crippen molar-refractivity contribution < 1.29 is 13.2 Å². The van der Waals surface area contributed by atoms with E-state index in [9.17, 15) is 13.2 Å². The number of fused-ring (bicyclic) bond motifs is 1. The van der Waals surface area contributed by atoms with E-state index in [-0.39, 0.29) is 10.8 Å². The summed E-state index contributed by atoms with van der Waals surface area (Å²) in [5, 5.41) is 2.82. The Morgan fingerprint density at radius 2 is 1.79 bits per heavy atom. The zero-order valence-electron chi connectivity index (χ0n) is 15.4. The average Bonchev–Trinajstić information content (AvgIpc) is 3.16. The minimum atomic E-state index is -3.49. The third-order valence-electron chi connectivity index (χ3n) is 4.91. The number of benzene rings is 1. The van der Waals surface area contributed by atoms with Crippen molar-refractivity contribution in [3.05, 3.63) is 66.1 Å². The number of nitrogens with zero attached hydrogens (tertiary/aromatic N) is 3. The Balaban J connectivity index is 1.42. The van der Waals surface area contributed by atoms with Crippen LogP contribution in [0.4, 0.5) is 0 Å². The van der Waals surface area contributed by atoms with E-state index in [2.05, 4.69) is 10.3 Å². The summed E-state index contributed by atoms with van der Waals surface area (Å²) in [6, 6.07) is 11.8. The van der Waals surface area contributed by atoms with Crippen LogP contribution in [-0.4, -0.2) is 41.1 Å². The molecule has 0 saturated carbocycles. The van der Waals surface area contributed by atoms with Crippen LogP contribution < -0.4 is 5.32 Å². The molecule has 0 aliphatic carbocycles. The number of hydrogen-bond donors (Lipinski definition) is 1. The minimum Gasteiger partial charge on any atom is -0.346 e. The lowest BCUT2D eigenvalue weighted by molar-refractivity contribution is 0.0950. The van der Waals surface area contributed by atoms with Crippen LogP contribution in [0.2, 0.25) is 0 Å². The van der Waals surface area contributed by atoms with E-state index < -0.39 is 10.0 Å². The van der Waals surface area contributed by atoms with Gasteiger partial charge in [-0.15, -0.1) is 0 Å². The van der Waals surface area contributed by atoms with Crippen LogP contribution in [0.25, 0.3) is 5.65 Å². The predicted molar refractivity (Wildman–Crippen MR) is 105 cm³/mol. The second-order valence-electron chi connectivity index (χ2n) is 6.87. The number of sulfonamides is 1. The number of pyridine rings is 1. The molecule has 7 nitrogen and oxygen atoms in total. The molecule has 1 amide bonds. The molecule has 1 fully saturated rings. The fraction of sp³-hybridized carbons (Fsp3) is 0.300. The monoisotopic (exact) mass is 398 g/mol. The number of carbonyl (C=O) groups excluding carboxylic acids is 1. The summed E-state index contributed by atoms with van der Waals surface area (Å²) < 4.78 is 28.8. The number of hydrogen-bond acceptors (Lipinski definition) is 4. The van der Waals surface area contributed by atoms with E-state index in [1.165, 1.54) is 16.4 Å². The van der Waals surface area contributed by atoms with Gasteiger partial charge in [0.15, 0.2) is 0 Å². The first kappa shape index (κ1) is 18.6. The van der Waals surface area contributed by atoms with Crippen molar-refractivity contribution in [3.8, 4) is 0 Å². The first-order valence-corrected chi connectivity index (χ1v) is 10.8. The number of amides is 1. The van der Waals surface area contributed by atoms with Gasteiger partial charge in [-0.3, -0.25) is 4.79 Å². The second-order valence-corrected chi connectivity index (χ2v) is 8.81. The SMILES string of the molecule is O=C(NCc1cn2ccccc2n1)c1ccc(S(=O)(=O)N2CCCCC2)cc1. The molecule has 2 aromatic heterocycles. The summed E-state index contributed by atoms with van der Waals surface area (Å²) >= 11 is 0. The normalized spacial score (nSPS) is 15.6. The van der Waals surface area contributed by atoms with Crippen LogP contribution in [0.15, 0.2) is 59.8 Å². The highest BCUT2D eigenvalue weighted by molar-refractivity contribution is 7.89. The molecule has 1 aliphatic rings. The van der Waals surface area contributed by atoms with Crippen molar-refractivity contribution in [1.82, 2.24) is 19.0 Å². The van der Waals surface area contributed by atoms with Crippen LogP contribution >= 0.6 is 0 Å². The molecule has 28 heavy (non-hydrogen) atoms. The maximum atomic E-state index is 12.7. The molecule has 1 aromatic carbocycles. The standard InChI is InChI=1S/C20H22N4O3S/c25-20(21-14-17-15-23-11-5-2-6-19(23)22-17)16-7-9-18(10-8-16)28(26,27)24-12-3-1-4-13-24/h2,5-11,15H,1,3-4,12-14H2,(H,21,25). The topological polar surface area (TPSA) is 83.8 Å². The average molecular weight is 398 g/mol. The van der Waals surface area contributed by atoms with Crippen molar-refractivity contribution in [1.29, 1.82) is 0 Å². The third kappa shape index (κ3) is 3.79. The van der Waals surface area contributed by atoms with E-state index in [1.54, 1.807) is 12.1 Å². The van der Waals surface area contributed by atoms with Crippen LogP contribution in [0.1, 0.15) is 35.3 Å². The highest BCUT2D eigenvalue weighted by atomic mass is 32.2. The summed E-state index contributed by atoms with van der Waals surface area (Å²) in [7, 11) is -3.49. The summed E-state index contributed by atoms with van der Waals surface area (Å²) in [4.78, 5) is 17.1. The van der Waals surface area contributed by atoms with Gasteiger partial charge < -0.3 is 9.72 Å². The number of piperidine rings is 1. The van der Waals surface area contributed by atoms with Gasteiger partial charge in [0, 0.05) is 31.0 Å². The van der Waals surface area contributed by atoms with Crippen LogP contribution in [0, 0.1) is 0 Å². The quantitative estimate of drug-likeness (QED) is 0.716. The van der Waals surface area contributed by atoms with Crippen LogP contribution in [0.3, 0.4) is 0 Å². The Morgan fingerprint density at radius 3 is 2.50 bits per heavy atom. The molecule has 0 atom stereocenters. The first-order valence-electron chi connectivity index (χ1n) is 9.35. The summed E-state index contributed by atoms with van der Waals surface area (Å²) in [6.45, 7) is 1.42. The molecule has 3 aromatic rings. The van der Waals surface area contributed by atoms with Crippen LogP contribution in [0.5, 0.6) is 0 Å². The van der Waals surface area contributed by atoms with Crippen molar-refractivity contribution in [2.24, 2.45) is 0 Å². The molecule has 1 saturated heterocycles. The Morgan fingerprint density at radius 1 is 1.04 bits per heavy atom. The lowest BCUT2D eigenvalue weighted by atomic mass is 10.2. The zero-order valence-corrected chi connectivity index (χ0v) is 16.2. The van der Waals surface area contributed by atoms with Crippen molar-refractivity contribution in [3.63, 3.8) is 0 Å². The largest absolute Gasteiger partial charge is 0.346 e. The maximum Gasteiger partial charge on any atom is 0.251 e. The molecule has 1 aliphatic heterocycles. The predicted octanol–water partition coefficient (Wildman–Crippen LogP) is 2.44. The summed E-state index contributed by atoms with van der Waals surface area (Å²) in [5.41, 5.74) is 1.99. The molecular weight excluding hydrogens is 376 g/mol. The van der Waals surface area contributed by atoms with E-state index in [1.807, 2.05) is 35.0 Å². The number of imidazole rings is 1. The van der Waals surface area contributed by atoms with Gasteiger partial charge in [-0.25, -0.2) is 13.4 Å². The minimum absolute atomic E-state index is 0.228. The van der Waals surface area contributed by atoms with E-state index in [4.69, 9.17) is 0 Å². The summed E-state index contributed by atoms with van der Waals surface area (Å²) in [6.07, 6.45) is 6.61. The van der Waals surface area contributed by atoms with Crippen molar-refractivity contribution in [2.75, 3.05) is 13.1 Å². The Bertz CT molecular complexity index is 1050.